The zero-order valence-corrected chi connectivity index (χ0v) is 12.2. The number of hydrazine groups is 1. The van der Waals surface area contributed by atoms with Gasteiger partial charge in [0.15, 0.2) is 0 Å². The smallest absolute Gasteiger partial charge is 0.148 e. The zero-order valence-electron chi connectivity index (χ0n) is 12.2. The van der Waals surface area contributed by atoms with Gasteiger partial charge < -0.3 is 10.7 Å². The first kappa shape index (κ1) is 14.1. The second kappa shape index (κ2) is 5.74. The van der Waals surface area contributed by atoms with Gasteiger partial charge in [-0.05, 0) is 31.6 Å². The number of aromatic nitrogens is 2. The number of nitrogen functional groups attached to an aromatic ring is 1. The average molecular weight is 263 g/mol. The molecule has 1 heterocycles. The highest BCUT2D eigenvalue weighted by Gasteiger charge is 2.41. The van der Waals surface area contributed by atoms with Gasteiger partial charge in [0, 0.05) is 18.5 Å². The van der Waals surface area contributed by atoms with E-state index in [-0.39, 0.29) is 0 Å². The molecule has 5 heteroatoms. The fraction of sp³-hybridized carbons (Fsp3) is 0.714. The predicted molar refractivity (Wildman–Crippen MR) is 79.0 cm³/mol. The second-order valence-corrected chi connectivity index (χ2v) is 5.56. The van der Waals surface area contributed by atoms with Crippen molar-refractivity contribution in [3.05, 3.63) is 11.4 Å². The summed E-state index contributed by atoms with van der Waals surface area (Å²) in [7, 11) is 0. The maximum atomic E-state index is 5.52. The van der Waals surface area contributed by atoms with Crippen molar-refractivity contribution >= 4 is 11.6 Å². The largest absolute Gasteiger partial charge is 0.369 e. The van der Waals surface area contributed by atoms with Gasteiger partial charge in [0.05, 0.1) is 0 Å². The molecule has 1 fully saturated rings. The SMILES string of the molecule is CCCC1(CNc2nc(CC)nc(NN)c2C)CC1. The second-order valence-electron chi connectivity index (χ2n) is 5.56. The van der Waals surface area contributed by atoms with Gasteiger partial charge in [-0.3, -0.25) is 0 Å². The first-order valence-electron chi connectivity index (χ1n) is 7.22. The van der Waals surface area contributed by atoms with Crippen LogP contribution in [0.15, 0.2) is 0 Å². The van der Waals surface area contributed by atoms with Gasteiger partial charge in [-0.15, -0.1) is 0 Å². The molecule has 106 valence electrons. The maximum Gasteiger partial charge on any atom is 0.148 e. The fourth-order valence-electron chi connectivity index (χ4n) is 2.53. The van der Waals surface area contributed by atoms with Gasteiger partial charge in [0.2, 0.25) is 0 Å². The minimum Gasteiger partial charge on any atom is -0.369 e. The number of hydrogen-bond donors (Lipinski definition) is 3. The molecule has 0 spiro atoms. The number of nitrogens with one attached hydrogen (secondary N) is 2. The van der Waals surface area contributed by atoms with E-state index < -0.39 is 0 Å². The molecule has 5 nitrogen and oxygen atoms in total. The van der Waals surface area contributed by atoms with Crippen LogP contribution in [0.2, 0.25) is 0 Å². The van der Waals surface area contributed by atoms with E-state index in [1.54, 1.807) is 0 Å². The Labute approximate surface area is 115 Å². The molecule has 19 heavy (non-hydrogen) atoms. The van der Waals surface area contributed by atoms with Crippen molar-refractivity contribution in [2.75, 3.05) is 17.3 Å². The minimum absolute atomic E-state index is 0.509. The Hall–Kier alpha value is -1.36. The van der Waals surface area contributed by atoms with E-state index in [0.717, 1.165) is 36.0 Å². The van der Waals surface area contributed by atoms with Crippen LogP contribution in [0.1, 0.15) is 50.9 Å². The molecule has 4 N–H and O–H groups in total. The van der Waals surface area contributed by atoms with Crippen LogP contribution >= 0.6 is 0 Å². The Morgan fingerprint density at radius 3 is 2.42 bits per heavy atom. The molecule has 0 aromatic carbocycles. The number of nitrogens with two attached hydrogens (primary N) is 1. The van der Waals surface area contributed by atoms with E-state index in [4.69, 9.17) is 5.84 Å². The molecule has 0 aliphatic heterocycles. The first-order valence-corrected chi connectivity index (χ1v) is 7.22. The summed E-state index contributed by atoms with van der Waals surface area (Å²) in [5, 5.41) is 3.50. The molecule has 0 atom stereocenters. The van der Waals surface area contributed by atoms with E-state index >= 15 is 0 Å². The standard InChI is InChI=1S/C14H25N5/c1-4-6-14(7-8-14)9-16-12-10(3)13(19-15)18-11(5-2)17-12/h4-9,15H2,1-3H3,(H2,16,17,18,19). The van der Waals surface area contributed by atoms with Gasteiger partial charge in [0.25, 0.3) is 0 Å². The van der Waals surface area contributed by atoms with Crippen LogP contribution in [0.4, 0.5) is 11.6 Å². The summed E-state index contributed by atoms with van der Waals surface area (Å²) in [6.07, 6.45) is 6.03. The van der Waals surface area contributed by atoms with E-state index in [9.17, 15) is 0 Å². The molecule has 2 rings (SSSR count). The quantitative estimate of drug-likeness (QED) is 0.521. The van der Waals surface area contributed by atoms with Gasteiger partial charge in [0.1, 0.15) is 17.5 Å². The van der Waals surface area contributed by atoms with Crippen LogP contribution in [0.5, 0.6) is 0 Å². The molecule has 0 amide bonds. The first-order chi connectivity index (χ1) is 9.14. The van der Waals surface area contributed by atoms with Crippen molar-refractivity contribution in [1.29, 1.82) is 0 Å². The monoisotopic (exact) mass is 263 g/mol. The minimum atomic E-state index is 0.509. The van der Waals surface area contributed by atoms with E-state index in [0.29, 0.717) is 5.41 Å². The Bertz CT molecular complexity index is 440. The summed E-state index contributed by atoms with van der Waals surface area (Å²) in [5.41, 5.74) is 4.16. The lowest BCUT2D eigenvalue weighted by molar-refractivity contribution is 0.485. The van der Waals surface area contributed by atoms with E-state index in [2.05, 4.69) is 27.6 Å². The Balaban J connectivity index is 2.11. The third-order valence-corrected chi connectivity index (χ3v) is 4.01. The van der Waals surface area contributed by atoms with E-state index in [1.807, 2.05) is 13.8 Å². The molecule has 0 radical (unpaired) electrons. The summed E-state index contributed by atoms with van der Waals surface area (Å²) >= 11 is 0. The number of aryl methyl sites for hydroxylation is 1. The normalized spacial score (nSPS) is 16.2. The molecule has 1 aromatic rings. The summed E-state index contributed by atoms with van der Waals surface area (Å²) in [6, 6.07) is 0. The summed E-state index contributed by atoms with van der Waals surface area (Å²) in [6.45, 7) is 7.30. The molecule has 0 saturated heterocycles. The average Bonchev–Trinajstić information content (AvgIpc) is 3.18. The lowest BCUT2D eigenvalue weighted by Gasteiger charge is -2.18. The Morgan fingerprint density at radius 1 is 1.21 bits per heavy atom. The fourth-order valence-corrected chi connectivity index (χ4v) is 2.53. The Morgan fingerprint density at radius 2 is 1.89 bits per heavy atom. The van der Waals surface area contributed by atoms with Gasteiger partial charge in [-0.2, -0.15) is 0 Å². The number of anilines is 2. The molecule has 1 aliphatic rings. The topological polar surface area (TPSA) is 75.9 Å². The number of rotatable bonds is 7. The third kappa shape index (κ3) is 3.15. The molecular formula is C14H25N5. The highest BCUT2D eigenvalue weighted by molar-refractivity contribution is 5.56. The summed E-state index contributed by atoms with van der Waals surface area (Å²) < 4.78 is 0. The molecule has 1 saturated carbocycles. The van der Waals surface area contributed by atoms with Gasteiger partial charge in [-0.25, -0.2) is 15.8 Å². The predicted octanol–water partition coefficient (Wildman–Crippen LogP) is 2.63. The van der Waals surface area contributed by atoms with Crippen LogP contribution in [-0.2, 0) is 6.42 Å². The van der Waals surface area contributed by atoms with E-state index in [1.165, 1.54) is 25.7 Å². The van der Waals surface area contributed by atoms with Crippen molar-refractivity contribution in [2.24, 2.45) is 11.3 Å². The van der Waals surface area contributed by atoms with Gasteiger partial charge in [-0.1, -0.05) is 20.3 Å². The summed E-state index contributed by atoms with van der Waals surface area (Å²) in [5.74, 6) is 7.97. The molecular weight excluding hydrogens is 238 g/mol. The third-order valence-electron chi connectivity index (χ3n) is 4.01. The van der Waals surface area contributed by atoms with Crippen molar-refractivity contribution in [3.63, 3.8) is 0 Å². The highest BCUT2D eigenvalue weighted by Crippen LogP contribution is 2.49. The number of nitrogens with zero attached hydrogens (tertiary/aromatic N) is 2. The number of hydrogen-bond acceptors (Lipinski definition) is 5. The molecule has 1 aromatic heterocycles. The van der Waals surface area contributed by atoms with Crippen molar-refractivity contribution in [3.8, 4) is 0 Å². The molecule has 1 aliphatic carbocycles. The molecule has 0 bridgehead atoms. The van der Waals surface area contributed by atoms with Crippen LogP contribution in [-0.4, -0.2) is 16.5 Å². The molecule has 0 unspecified atom stereocenters. The van der Waals surface area contributed by atoms with Crippen LogP contribution in [0, 0.1) is 12.3 Å². The zero-order chi connectivity index (χ0) is 13.9. The van der Waals surface area contributed by atoms with Crippen LogP contribution in [0.3, 0.4) is 0 Å². The maximum absolute atomic E-state index is 5.52. The lowest BCUT2D eigenvalue weighted by Crippen LogP contribution is -2.19. The van der Waals surface area contributed by atoms with Crippen molar-refractivity contribution in [2.45, 2.75) is 52.9 Å². The Kier molecular flexibility index (Phi) is 4.24. The van der Waals surface area contributed by atoms with Crippen LogP contribution < -0.4 is 16.6 Å². The van der Waals surface area contributed by atoms with Crippen LogP contribution in [0.25, 0.3) is 0 Å². The van der Waals surface area contributed by atoms with Crippen molar-refractivity contribution < 1.29 is 0 Å². The lowest BCUT2D eigenvalue weighted by atomic mass is 10.0. The van der Waals surface area contributed by atoms with Gasteiger partial charge >= 0.3 is 0 Å². The van der Waals surface area contributed by atoms with Crippen molar-refractivity contribution in [1.82, 2.24) is 9.97 Å². The highest BCUT2D eigenvalue weighted by atomic mass is 15.3. The summed E-state index contributed by atoms with van der Waals surface area (Å²) in [4.78, 5) is 8.95.